The van der Waals surface area contributed by atoms with Crippen molar-refractivity contribution >= 4 is 40.9 Å². The molecule has 0 radical (unpaired) electrons. The van der Waals surface area contributed by atoms with Crippen LogP contribution in [0.4, 0.5) is 47.9 Å². The predicted molar refractivity (Wildman–Crippen MR) is 163 cm³/mol. The van der Waals surface area contributed by atoms with Gasteiger partial charge in [0.15, 0.2) is 0 Å². The highest BCUT2D eigenvalue weighted by molar-refractivity contribution is 6.04. The van der Waals surface area contributed by atoms with Gasteiger partial charge >= 0.3 is 24.3 Å². The van der Waals surface area contributed by atoms with Gasteiger partial charge in [0.2, 0.25) is 5.91 Å². The van der Waals surface area contributed by atoms with Crippen LogP contribution in [0.1, 0.15) is 35.7 Å². The number of nitrogens with zero attached hydrogens (tertiary/aromatic N) is 3. The number of likely N-dealkylation sites (tertiary alicyclic amines) is 1. The monoisotopic (exact) mass is 703 g/mol. The average Bonchev–Trinajstić information content (AvgIpc) is 3.02. The fourth-order valence-corrected chi connectivity index (χ4v) is 4.30. The first kappa shape index (κ1) is 39.9. The summed E-state index contributed by atoms with van der Waals surface area (Å²) in [4.78, 5) is 50.6. The molecule has 1 aromatic heterocycles. The molecule has 1 aliphatic heterocycles. The van der Waals surface area contributed by atoms with E-state index in [9.17, 15) is 40.3 Å². The van der Waals surface area contributed by atoms with E-state index in [4.69, 9.17) is 19.8 Å². The van der Waals surface area contributed by atoms with Crippen LogP contribution >= 0.6 is 0 Å². The molecule has 2 aromatic carbocycles. The number of rotatable bonds is 7. The predicted octanol–water partition coefficient (Wildman–Crippen LogP) is 5.80. The number of halogens is 7. The quantitative estimate of drug-likeness (QED) is 0.224. The lowest BCUT2D eigenvalue weighted by Gasteiger charge is -2.37. The summed E-state index contributed by atoms with van der Waals surface area (Å²) in [6.45, 7) is 4.33. The first-order chi connectivity index (χ1) is 22.8. The molecule has 266 valence electrons. The zero-order valence-corrected chi connectivity index (χ0v) is 26.0. The Balaban J connectivity index is 0.000000500. The summed E-state index contributed by atoms with van der Waals surface area (Å²) < 4.78 is 76.6. The number of amides is 2. The highest BCUT2D eigenvalue weighted by Gasteiger charge is 2.38. The first-order valence-electron chi connectivity index (χ1n) is 14.2. The lowest BCUT2D eigenvalue weighted by Crippen LogP contribution is -2.43. The van der Waals surface area contributed by atoms with Crippen molar-refractivity contribution in [3.8, 4) is 0 Å². The van der Waals surface area contributed by atoms with Crippen molar-refractivity contribution in [2.45, 2.75) is 44.7 Å². The van der Waals surface area contributed by atoms with Crippen molar-refractivity contribution in [2.75, 3.05) is 35.7 Å². The van der Waals surface area contributed by atoms with E-state index in [1.165, 1.54) is 36.8 Å². The number of carbonyl (C=O) groups is 4. The number of benzene rings is 2. The molecular weight excluding hydrogens is 671 g/mol. The summed E-state index contributed by atoms with van der Waals surface area (Å²) in [7, 11) is 2.04. The fraction of sp³-hybridized carbons (Fsp3) is 0.323. The lowest BCUT2D eigenvalue weighted by molar-refractivity contribution is -0.193. The SMILES string of the molecule is CC(=O)Nc1ccc(CN2CCC(N(C)c3cc(NC(=O)c4ccc(F)cc4)ccn3)CC2)cc1.O=C(O)C(F)(F)F.O=C(O)C(F)(F)F. The molecule has 4 rings (SSSR count). The van der Waals surface area contributed by atoms with E-state index in [0.29, 0.717) is 17.3 Å². The molecule has 0 spiro atoms. The van der Waals surface area contributed by atoms with Gasteiger partial charge in [-0.25, -0.2) is 19.0 Å². The van der Waals surface area contributed by atoms with E-state index < -0.39 is 24.3 Å². The smallest absolute Gasteiger partial charge is 0.475 e. The van der Waals surface area contributed by atoms with E-state index in [-0.39, 0.29) is 17.6 Å². The van der Waals surface area contributed by atoms with Crippen molar-refractivity contribution in [1.29, 1.82) is 0 Å². The van der Waals surface area contributed by atoms with Crippen LogP contribution in [0, 0.1) is 5.82 Å². The second kappa shape index (κ2) is 17.8. The van der Waals surface area contributed by atoms with E-state index in [2.05, 4.69) is 37.6 Å². The van der Waals surface area contributed by atoms with Gasteiger partial charge in [-0.3, -0.25) is 14.5 Å². The number of aromatic nitrogens is 1. The van der Waals surface area contributed by atoms with Crippen LogP contribution in [0.2, 0.25) is 0 Å². The minimum Gasteiger partial charge on any atom is -0.475 e. The number of carbonyl (C=O) groups excluding carboxylic acids is 2. The molecule has 2 amide bonds. The van der Waals surface area contributed by atoms with Gasteiger partial charge in [0.25, 0.3) is 5.91 Å². The second-order valence-corrected chi connectivity index (χ2v) is 10.5. The molecule has 0 bridgehead atoms. The van der Waals surface area contributed by atoms with Crippen LogP contribution in [-0.2, 0) is 20.9 Å². The number of alkyl halides is 6. The second-order valence-electron chi connectivity index (χ2n) is 10.5. The molecule has 1 fully saturated rings. The third-order valence-corrected chi connectivity index (χ3v) is 6.74. The van der Waals surface area contributed by atoms with Crippen molar-refractivity contribution in [2.24, 2.45) is 0 Å². The van der Waals surface area contributed by atoms with Crippen molar-refractivity contribution in [3.63, 3.8) is 0 Å². The number of pyridine rings is 1. The number of piperidine rings is 1. The van der Waals surface area contributed by atoms with E-state index >= 15 is 0 Å². The Bertz CT molecular complexity index is 1540. The summed E-state index contributed by atoms with van der Waals surface area (Å²) in [5.41, 5.74) is 3.08. The van der Waals surface area contributed by atoms with Gasteiger partial charge in [0, 0.05) is 68.8 Å². The highest BCUT2D eigenvalue weighted by Crippen LogP contribution is 2.24. The van der Waals surface area contributed by atoms with Gasteiger partial charge in [-0.05, 0) is 60.9 Å². The van der Waals surface area contributed by atoms with Crippen LogP contribution in [-0.4, -0.2) is 82.4 Å². The van der Waals surface area contributed by atoms with Gasteiger partial charge < -0.3 is 25.7 Å². The van der Waals surface area contributed by atoms with E-state index in [1.807, 2.05) is 25.2 Å². The van der Waals surface area contributed by atoms with Crippen LogP contribution in [0.25, 0.3) is 0 Å². The minimum atomic E-state index is -5.08. The van der Waals surface area contributed by atoms with Crippen LogP contribution in [0.15, 0.2) is 66.9 Å². The molecule has 3 aromatic rings. The van der Waals surface area contributed by atoms with E-state index in [1.54, 1.807) is 12.3 Å². The average molecular weight is 704 g/mol. The number of carboxylic acids is 2. The standard InChI is InChI=1S/C27H30FN5O2.2C2HF3O2/c1-19(34)30-23-9-3-20(4-10-23)18-33-15-12-25(13-16-33)32(2)26-17-24(11-14-29-26)31-27(35)21-5-7-22(28)8-6-21;2*3-2(4,5)1(6)7/h3-11,14,17,25H,12-13,15-16,18H2,1-2H3,(H,30,34)(H,29,31,35);2*(H,6,7). The van der Waals surface area contributed by atoms with Crippen molar-refractivity contribution in [3.05, 3.63) is 83.8 Å². The Kier molecular flexibility index (Phi) is 14.5. The third-order valence-electron chi connectivity index (χ3n) is 6.74. The lowest BCUT2D eigenvalue weighted by atomic mass is 10.0. The zero-order valence-electron chi connectivity index (χ0n) is 26.0. The summed E-state index contributed by atoms with van der Waals surface area (Å²) in [6.07, 6.45) is -6.46. The molecule has 49 heavy (non-hydrogen) atoms. The molecule has 1 saturated heterocycles. The Morgan fingerprint density at radius 3 is 1.82 bits per heavy atom. The summed E-state index contributed by atoms with van der Waals surface area (Å²) in [5.74, 6) is -5.45. The summed E-state index contributed by atoms with van der Waals surface area (Å²) >= 11 is 0. The Morgan fingerprint density at radius 1 is 0.837 bits per heavy atom. The molecule has 0 atom stereocenters. The molecular formula is C31H32F7N5O6. The largest absolute Gasteiger partial charge is 0.490 e. The van der Waals surface area contributed by atoms with Crippen LogP contribution in [0.3, 0.4) is 0 Å². The number of nitrogens with one attached hydrogen (secondary N) is 2. The van der Waals surface area contributed by atoms with Crippen molar-refractivity contribution in [1.82, 2.24) is 9.88 Å². The molecule has 18 heteroatoms. The first-order valence-corrected chi connectivity index (χ1v) is 14.2. The number of aliphatic carboxylic acids is 2. The molecule has 4 N–H and O–H groups in total. The Hall–Kier alpha value is -5.26. The fourth-order valence-electron chi connectivity index (χ4n) is 4.30. The number of hydrogen-bond donors (Lipinski definition) is 4. The van der Waals surface area contributed by atoms with Gasteiger partial charge in [-0.15, -0.1) is 0 Å². The summed E-state index contributed by atoms with van der Waals surface area (Å²) in [5, 5.41) is 19.9. The Labute approximate surface area is 275 Å². The minimum absolute atomic E-state index is 0.0702. The number of anilines is 3. The van der Waals surface area contributed by atoms with Gasteiger partial charge in [-0.2, -0.15) is 26.3 Å². The maximum Gasteiger partial charge on any atom is 0.490 e. The zero-order chi connectivity index (χ0) is 36.9. The van der Waals surface area contributed by atoms with Gasteiger partial charge in [0.1, 0.15) is 11.6 Å². The number of carboxylic acid groups (broad SMARTS) is 2. The number of hydrogen-bond acceptors (Lipinski definition) is 7. The maximum absolute atomic E-state index is 13.1. The highest BCUT2D eigenvalue weighted by atomic mass is 19.4. The maximum atomic E-state index is 13.1. The Morgan fingerprint density at radius 2 is 1.35 bits per heavy atom. The van der Waals surface area contributed by atoms with Crippen LogP contribution < -0.4 is 15.5 Å². The van der Waals surface area contributed by atoms with Gasteiger partial charge in [0.05, 0.1) is 0 Å². The molecule has 1 aliphatic rings. The summed E-state index contributed by atoms with van der Waals surface area (Å²) in [6, 6.07) is 17.4. The van der Waals surface area contributed by atoms with Gasteiger partial charge in [-0.1, -0.05) is 12.1 Å². The van der Waals surface area contributed by atoms with Crippen molar-refractivity contribution < 1.29 is 60.1 Å². The molecule has 0 saturated carbocycles. The normalized spacial score (nSPS) is 13.5. The molecule has 2 heterocycles. The molecule has 0 unspecified atom stereocenters. The third kappa shape index (κ3) is 14.2. The van der Waals surface area contributed by atoms with Crippen LogP contribution in [0.5, 0.6) is 0 Å². The molecule has 0 aliphatic carbocycles. The topological polar surface area (TPSA) is 152 Å². The molecule has 11 nitrogen and oxygen atoms in total. The van der Waals surface area contributed by atoms with E-state index in [0.717, 1.165) is 44.0 Å².